The molecule has 6 rings (SSSR count). The van der Waals surface area contributed by atoms with Gasteiger partial charge in [-0.1, -0.05) is 112 Å². The molecule has 0 amide bonds. The van der Waals surface area contributed by atoms with Crippen molar-refractivity contribution >= 4 is 8.07 Å². The maximum absolute atomic E-state index is 2.71. The van der Waals surface area contributed by atoms with Crippen molar-refractivity contribution in [2.24, 2.45) is 11.8 Å². The minimum Gasteiger partial charge on any atom is -0.0684 e. The highest BCUT2D eigenvalue weighted by Crippen LogP contribution is 2.56. The molecule has 0 fully saturated rings. The van der Waals surface area contributed by atoms with Crippen LogP contribution in [-0.2, 0) is 12.8 Å². The van der Waals surface area contributed by atoms with E-state index in [1.807, 2.05) is 0 Å². The maximum atomic E-state index is 2.71. The van der Waals surface area contributed by atoms with Crippen LogP contribution >= 0.6 is 0 Å². The van der Waals surface area contributed by atoms with E-state index in [4.69, 9.17) is 0 Å². The Morgan fingerprint density at radius 1 is 0.541 bits per heavy atom. The van der Waals surface area contributed by atoms with Gasteiger partial charge in [-0.15, -0.1) is 0 Å². The van der Waals surface area contributed by atoms with Crippen LogP contribution in [-0.4, -0.2) is 8.07 Å². The molecule has 0 bridgehead atoms. The molecule has 0 nitrogen and oxygen atoms in total. The third-order valence-corrected chi connectivity index (χ3v) is 14.7. The van der Waals surface area contributed by atoms with Gasteiger partial charge in [0.15, 0.2) is 0 Å². The van der Waals surface area contributed by atoms with Crippen molar-refractivity contribution in [3.8, 4) is 22.3 Å². The molecule has 1 heteroatoms. The maximum Gasteiger partial charge on any atom is 0.0634 e. The average Bonchev–Trinajstić information content (AvgIpc) is 3.41. The van der Waals surface area contributed by atoms with Crippen molar-refractivity contribution < 1.29 is 0 Å². The monoisotopic (exact) mass is 500 g/mol. The largest absolute Gasteiger partial charge is 0.0684 e. The lowest BCUT2D eigenvalue weighted by Gasteiger charge is -2.41. The minimum atomic E-state index is -1.75. The molecular weight excluding hydrogens is 460 g/mol. The summed E-state index contributed by atoms with van der Waals surface area (Å²) < 4.78 is 0. The summed E-state index contributed by atoms with van der Waals surface area (Å²) in [6, 6.07) is 32.0. The summed E-state index contributed by atoms with van der Waals surface area (Å²) in [7, 11) is -1.75. The standard InChI is InChI=1S/C36H40Si/c1-23-17-19-29-31(33(23)27-13-9-7-10-14-27)21-25(3)35(29)37(5,6)36-26(4)22-32-30(36)20-18-24(2)34(32)28-15-11-8-12-16-28/h7-20,25-26,35-36H,21-22H2,1-6H3. The molecule has 188 valence electrons. The molecule has 37 heavy (non-hydrogen) atoms. The molecule has 0 aromatic heterocycles. The number of rotatable bonds is 4. The second-order valence-corrected chi connectivity index (χ2v) is 17.4. The van der Waals surface area contributed by atoms with Crippen molar-refractivity contribution in [1.29, 1.82) is 0 Å². The van der Waals surface area contributed by atoms with Gasteiger partial charge in [0.25, 0.3) is 0 Å². The van der Waals surface area contributed by atoms with Crippen LogP contribution in [0.2, 0.25) is 13.1 Å². The summed E-state index contributed by atoms with van der Waals surface area (Å²) in [5, 5.41) is 0. The summed E-state index contributed by atoms with van der Waals surface area (Å²) in [6.45, 7) is 15.1. The predicted molar refractivity (Wildman–Crippen MR) is 162 cm³/mol. The number of aryl methyl sites for hydroxylation is 2. The van der Waals surface area contributed by atoms with E-state index in [0.29, 0.717) is 22.9 Å². The lowest BCUT2D eigenvalue weighted by Crippen LogP contribution is -2.45. The quantitative estimate of drug-likeness (QED) is 0.245. The van der Waals surface area contributed by atoms with Gasteiger partial charge >= 0.3 is 0 Å². The zero-order chi connectivity index (χ0) is 25.9. The van der Waals surface area contributed by atoms with Crippen LogP contribution in [0.15, 0.2) is 84.9 Å². The predicted octanol–water partition coefficient (Wildman–Crippen LogP) is 9.68. The Bertz CT molecular complexity index is 1340. The van der Waals surface area contributed by atoms with Crippen LogP contribution in [0, 0.1) is 25.7 Å². The molecule has 0 aliphatic heterocycles. The van der Waals surface area contributed by atoms with Gasteiger partial charge in [0.1, 0.15) is 0 Å². The van der Waals surface area contributed by atoms with E-state index in [1.165, 1.54) is 46.2 Å². The van der Waals surface area contributed by atoms with Crippen LogP contribution in [0.25, 0.3) is 22.3 Å². The number of fused-ring (bicyclic) bond motifs is 2. The molecule has 0 radical (unpaired) electrons. The fraction of sp³-hybridized carbons (Fsp3) is 0.333. The molecular formula is C36H40Si. The molecule has 4 unspecified atom stereocenters. The summed E-state index contributed by atoms with van der Waals surface area (Å²) in [5.41, 5.74) is 16.5. The van der Waals surface area contributed by atoms with E-state index in [9.17, 15) is 0 Å². The first-order valence-corrected chi connectivity index (χ1v) is 17.3. The molecule has 0 spiro atoms. The summed E-state index contributed by atoms with van der Waals surface area (Å²) in [5.74, 6) is 1.38. The topological polar surface area (TPSA) is 0 Å². The first-order valence-electron chi connectivity index (χ1n) is 14.1. The Morgan fingerprint density at radius 2 is 0.919 bits per heavy atom. The van der Waals surface area contributed by atoms with Crippen LogP contribution in [0.4, 0.5) is 0 Å². The normalized spacial score (nSPS) is 22.6. The SMILES string of the molecule is Cc1ccc2c(c1-c1ccccc1)CC(C)C2[Si](C)(C)C1c2ccc(C)c(-c3ccccc3)c2CC1C. The van der Waals surface area contributed by atoms with Crippen molar-refractivity contribution in [3.05, 3.63) is 118 Å². The summed E-state index contributed by atoms with van der Waals surface area (Å²) in [6.07, 6.45) is 2.42. The Morgan fingerprint density at radius 3 is 1.30 bits per heavy atom. The lowest BCUT2D eigenvalue weighted by atomic mass is 9.92. The second kappa shape index (κ2) is 9.13. The van der Waals surface area contributed by atoms with Gasteiger partial charge in [0.2, 0.25) is 0 Å². The van der Waals surface area contributed by atoms with E-state index in [0.717, 1.165) is 0 Å². The van der Waals surface area contributed by atoms with Gasteiger partial charge in [-0.25, -0.2) is 0 Å². The summed E-state index contributed by atoms with van der Waals surface area (Å²) >= 11 is 0. The van der Waals surface area contributed by atoms with E-state index in [-0.39, 0.29) is 0 Å². The van der Waals surface area contributed by atoms with Gasteiger partial charge < -0.3 is 0 Å². The Balaban J connectivity index is 1.47. The van der Waals surface area contributed by atoms with Crippen LogP contribution in [0.1, 0.15) is 58.3 Å². The zero-order valence-electron chi connectivity index (χ0n) is 23.3. The number of benzene rings is 4. The molecule has 2 aliphatic rings. The molecule has 4 atom stereocenters. The molecule has 0 saturated heterocycles. The fourth-order valence-corrected chi connectivity index (χ4v) is 14.3. The van der Waals surface area contributed by atoms with Crippen molar-refractivity contribution in [2.75, 3.05) is 0 Å². The van der Waals surface area contributed by atoms with E-state index >= 15 is 0 Å². The van der Waals surface area contributed by atoms with Gasteiger partial charge in [0, 0.05) is 0 Å². The van der Waals surface area contributed by atoms with E-state index < -0.39 is 8.07 Å². The number of hydrogen-bond acceptors (Lipinski definition) is 0. The molecule has 2 aliphatic carbocycles. The molecule has 0 heterocycles. The van der Waals surface area contributed by atoms with E-state index in [1.54, 1.807) is 22.3 Å². The van der Waals surface area contributed by atoms with Gasteiger partial charge in [0.05, 0.1) is 8.07 Å². The van der Waals surface area contributed by atoms with Crippen LogP contribution in [0.3, 0.4) is 0 Å². The molecule has 4 aromatic rings. The third-order valence-electron chi connectivity index (χ3n) is 9.70. The molecule has 0 saturated carbocycles. The van der Waals surface area contributed by atoms with E-state index in [2.05, 4.69) is 126 Å². The van der Waals surface area contributed by atoms with Crippen LogP contribution < -0.4 is 0 Å². The highest BCUT2D eigenvalue weighted by atomic mass is 28.3. The Hall–Kier alpha value is -2.90. The summed E-state index contributed by atoms with van der Waals surface area (Å²) in [4.78, 5) is 0. The molecule has 0 N–H and O–H groups in total. The fourth-order valence-electron chi connectivity index (χ4n) is 8.55. The lowest BCUT2D eigenvalue weighted by molar-refractivity contribution is 0.543. The average molecular weight is 501 g/mol. The highest BCUT2D eigenvalue weighted by molar-refractivity contribution is 6.80. The minimum absolute atomic E-state index is 0.686. The van der Waals surface area contributed by atoms with Crippen molar-refractivity contribution in [3.63, 3.8) is 0 Å². The third kappa shape index (κ3) is 3.86. The van der Waals surface area contributed by atoms with Gasteiger partial charge in [-0.2, -0.15) is 0 Å². The molecule has 4 aromatic carbocycles. The van der Waals surface area contributed by atoms with Gasteiger partial charge in [-0.3, -0.25) is 0 Å². The van der Waals surface area contributed by atoms with Crippen molar-refractivity contribution in [1.82, 2.24) is 0 Å². The Labute approximate surface area is 224 Å². The second-order valence-electron chi connectivity index (χ2n) is 12.5. The number of hydrogen-bond donors (Lipinski definition) is 0. The first kappa shape index (κ1) is 24.4. The zero-order valence-corrected chi connectivity index (χ0v) is 24.3. The van der Waals surface area contributed by atoms with Crippen LogP contribution in [0.5, 0.6) is 0 Å². The Kier molecular flexibility index (Phi) is 6.03. The first-order chi connectivity index (χ1) is 17.8. The van der Waals surface area contributed by atoms with Gasteiger partial charge in [-0.05, 0) is 105 Å². The van der Waals surface area contributed by atoms with Crippen molar-refractivity contribution in [2.45, 2.75) is 64.7 Å². The highest BCUT2D eigenvalue weighted by Gasteiger charge is 2.51. The smallest absolute Gasteiger partial charge is 0.0634 e.